The monoisotopic (exact) mass is 306 g/mol. The maximum atomic E-state index is 4.42. The summed E-state index contributed by atoms with van der Waals surface area (Å²) in [6.07, 6.45) is 8.12. The molecule has 2 aromatic heterocycles. The van der Waals surface area contributed by atoms with E-state index in [4.69, 9.17) is 0 Å². The van der Waals surface area contributed by atoms with Crippen molar-refractivity contribution >= 4 is 23.2 Å². The molecule has 0 amide bonds. The van der Waals surface area contributed by atoms with Gasteiger partial charge in [0.05, 0.1) is 0 Å². The van der Waals surface area contributed by atoms with E-state index in [9.17, 15) is 0 Å². The van der Waals surface area contributed by atoms with Crippen molar-refractivity contribution in [2.45, 2.75) is 43.9 Å². The van der Waals surface area contributed by atoms with Gasteiger partial charge in [0.25, 0.3) is 0 Å². The summed E-state index contributed by atoms with van der Waals surface area (Å²) in [5.41, 5.74) is 0.857. The Kier molecular flexibility index (Phi) is 4.30. The summed E-state index contributed by atoms with van der Waals surface area (Å²) in [5, 5.41) is 13.0. The number of hydrogen-bond donors (Lipinski definition) is 1. The molecule has 1 saturated heterocycles. The fourth-order valence-corrected chi connectivity index (χ4v) is 3.30. The van der Waals surface area contributed by atoms with Crippen LogP contribution in [0.3, 0.4) is 0 Å². The molecule has 6 nitrogen and oxygen atoms in total. The number of fused-ring (bicyclic) bond motifs is 1. The van der Waals surface area contributed by atoms with Gasteiger partial charge in [0.2, 0.25) is 0 Å². The van der Waals surface area contributed by atoms with Crippen LogP contribution in [0.1, 0.15) is 26.7 Å². The molecule has 0 unspecified atom stereocenters. The van der Waals surface area contributed by atoms with Crippen LogP contribution in [0.2, 0.25) is 0 Å². The van der Waals surface area contributed by atoms with E-state index in [1.807, 2.05) is 16.9 Å². The first-order chi connectivity index (χ1) is 10.2. The molecular weight excluding hydrogens is 284 g/mol. The molecular formula is C14H22N6S. The zero-order chi connectivity index (χ0) is 14.8. The van der Waals surface area contributed by atoms with Gasteiger partial charge in [0.1, 0.15) is 0 Å². The number of rotatable bonds is 4. The van der Waals surface area contributed by atoms with Crippen molar-refractivity contribution in [1.29, 1.82) is 0 Å². The van der Waals surface area contributed by atoms with Gasteiger partial charge in [-0.25, -0.2) is 4.98 Å². The predicted octanol–water partition coefficient (Wildman–Crippen LogP) is 2.13. The highest BCUT2D eigenvalue weighted by molar-refractivity contribution is 7.98. The van der Waals surface area contributed by atoms with Crippen molar-refractivity contribution in [1.82, 2.24) is 24.5 Å². The Hall–Kier alpha value is -1.34. The Labute approximate surface area is 129 Å². The zero-order valence-electron chi connectivity index (χ0n) is 12.8. The lowest BCUT2D eigenvalue weighted by atomic mass is 10.0. The minimum absolute atomic E-state index is 0.413. The fraction of sp³-hybridized carbons (Fsp3) is 0.643. The second-order valence-corrected chi connectivity index (χ2v) is 6.50. The maximum absolute atomic E-state index is 4.42. The minimum atomic E-state index is 0.413. The Bertz CT molecular complexity index is 611. The summed E-state index contributed by atoms with van der Waals surface area (Å²) >= 11 is 1.58. The smallest absolute Gasteiger partial charge is 0.195 e. The van der Waals surface area contributed by atoms with Gasteiger partial charge < -0.3 is 5.32 Å². The molecule has 0 saturated carbocycles. The van der Waals surface area contributed by atoms with Crippen molar-refractivity contribution in [3.63, 3.8) is 0 Å². The quantitative estimate of drug-likeness (QED) is 0.873. The molecule has 1 atom stereocenters. The second-order valence-electron chi connectivity index (χ2n) is 5.73. The van der Waals surface area contributed by atoms with Crippen molar-refractivity contribution in [2.75, 3.05) is 24.7 Å². The topological polar surface area (TPSA) is 58.4 Å². The Balaban J connectivity index is 1.80. The van der Waals surface area contributed by atoms with Gasteiger partial charge >= 0.3 is 0 Å². The van der Waals surface area contributed by atoms with Crippen LogP contribution in [-0.2, 0) is 0 Å². The van der Waals surface area contributed by atoms with Crippen LogP contribution < -0.4 is 5.32 Å². The highest BCUT2D eigenvalue weighted by Gasteiger charge is 2.23. The number of aromatic nitrogens is 4. The number of likely N-dealkylation sites (tertiary alicyclic amines) is 1. The third-order valence-electron chi connectivity index (χ3n) is 4.00. The van der Waals surface area contributed by atoms with E-state index in [0.717, 1.165) is 23.2 Å². The van der Waals surface area contributed by atoms with Gasteiger partial charge in [-0.3, -0.25) is 9.30 Å². The molecule has 1 fully saturated rings. The lowest BCUT2D eigenvalue weighted by molar-refractivity contribution is 0.174. The van der Waals surface area contributed by atoms with Gasteiger partial charge in [-0.05, 0) is 39.5 Å². The van der Waals surface area contributed by atoms with Crippen LogP contribution in [-0.4, -0.2) is 55.9 Å². The van der Waals surface area contributed by atoms with Crippen LogP contribution in [0.25, 0.3) is 5.65 Å². The van der Waals surface area contributed by atoms with Crippen molar-refractivity contribution in [2.24, 2.45) is 0 Å². The number of nitrogens with zero attached hydrogens (tertiary/aromatic N) is 5. The zero-order valence-corrected chi connectivity index (χ0v) is 13.6. The number of piperidine rings is 1. The third kappa shape index (κ3) is 2.98. The number of thioether (sulfide) groups is 1. The first-order valence-corrected chi connectivity index (χ1v) is 8.66. The summed E-state index contributed by atoms with van der Waals surface area (Å²) in [7, 11) is 0. The SMILES string of the molecule is CSc1nnc(N[C@@H]2CCCN(C(C)C)C2)c2nccn12. The first kappa shape index (κ1) is 14.6. The minimum Gasteiger partial charge on any atom is -0.361 e. The fourth-order valence-electron chi connectivity index (χ4n) is 2.84. The Morgan fingerprint density at radius 1 is 1.38 bits per heavy atom. The number of nitrogens with one attached hydrogen (secondary N) is 1. The summed E-state index contributed by atoms with van der Waals surface area (Å²) in [6, 6.07) is 1.00. The van der Waals surface area contributed by atoms with Crippen LogP contribution in [0.4, 0.5) is 5.82 Å². The van der Waals surface area contributed by atoms with Gasteiger partial charge in [-0.15, -0.1) is 10.2 Å². The summed E-state index contributed by atoms with van der Waals surface area (Å²) < 4.78 is 1.99. The van der Waals surface area contributed by atoms with E-state index in [0.29, 0.717) is 12.1 Å². The van der Waals surface area contributed by atoms with E-state index in [1.165, 1.54) is 19.4 Å². The molecule has 0 radical (unpaired) electrons. The third-order valence-corrected chi connectivity index (χ3v) is 4.64. The lowest BCUT2D eigenvalue weighted by Gasteiger charge is -2.35. The molecule has 0 aliphatic carbocycles. The summed E-state index contributed by atoms with van der Waals surface area (Å²) in [4.78, 5) is 6.93. The molecule has 1 aliphatic heterocycles. The van der Waals surface area contributed by atoms with E-state index in [-0.39, 0.29) is 0 Å². The Morgan fingerprint density at radius 2 is 2.24 bits per heavy atom. The predicted molar refractivity (Wildman–Crippen MR) is 85.9 cm³/mol. The molecule has 0 bridgehead atoms. The van der Waals surface area contributed by atoms with Gasteiger partial charge in [-0.1, -0.05) is 11.8 Å². The number of hydrogen-bond acceptors (Lipinski definition) is 6. The molecule has 1 aliphatic rings. The standard InChI is InChI=1S/C14H22N6S/c1-10(2)19-7-4-5-11(9-19)16-12-13-15-6-8-20(13)14(21-3)18-17-12/h6,8,10-11H,4-5,7,9H2,1-3H3,(H,16,17)/t11-/m1/s1. The molecule has 0 aromatic carbocycles. The first-order valence-electron chi connectivity index (χ1n) is 7.43. The van der Waals surface area contributed by atoms with E-state index in [2.05, 4.69) is 39.2 Å². The van der Waals surface area contributed by atoms with Crippen LogP contribution in [0.5, 0.6) is 0 Å². The highest BCUT2D eigenvalue weighted by atomic mass is 32.2. The van der Waals surface area contributed by atoms with E-state index < -0.39 is 0 Å². The molecule has 7 heteroatoms. The van der Waals surface area contributed by atoms with Gasteiger partial charge in [0.15, 0.2) is 16.6 Å². The average molecular weight is 306 g/mol. The van der Waals surface area contributed by atoms with Gasteiger partial charge in [-0.2, -0.15) is 0 Å². The molecule has 21 heavy (non-hydrogen) atoms. The molecule has 2 aromatic rings. The molecule has 3 rings (SSSR count). The largest absolute Gasteiger partial charge is 0.361 e. The molecule has 1 N–H and O–H groups in total. The van der Waals surface area contributed by atoms with E-state index in [1.54, 1.807) is 18.0 Å². The average Bonchev–Trinajstić information content (AvgIpc) is 2.98. The van der Waals surface area contributed by atoms with Gasteiger partial charge in [0, 0.05) is 31.0 Å². The second kappa shape index (κ2) is 6.19. The van der Waals surface area contributed by atoms with Crippen LogP contribution >= 0.6 is 11.8 Å². The molecule has 0 spiro atoms. The van der Waals surface area contributed by atoms with Crippen molar-refractivity contribution in [3.05, 3.63) is 12.4 Å². The highest BCUT2D eigenvalue weighted by Crippen LogP contribution is 2.21. The van der Waals surface area contributed by atoms with E-state index >= 15 is 0 Å². The van der Waals surface area contributed by atoms with Crippen LogP contribution in [0.15, 0.2) is 17.6 Å². The number of imidazole rings is 1. The maximum Gasteiger partial charge on any atom is 0.195 e. The summed E-state index contributed by atoms with van der Waals surface area (Å²) in [6.45, 7) is 6.74. The Morgan fingerprint density at radius 3 is 3.00 bits per heavy atom. The number of anilines is 1. The van der Waals surface area contributed by atoms with Crippen molar-refractivity contribution in [3.8, 4) is 0 Å². The van der Waals surface area contributed by atoms with Crippen molar-refractivity contribution < 1.29 is 0 Å². The molecule has 3 heterocycles. The van der Waals surface area contributed by atoms with Crippen LogP contribution in [0, 0.1) is 0 Å². The lowest BCUT2D eigenvalue weighted by Crippen LogP contribution is -2.45. The summed E-state index contributed by atoms with van der Waals surface area (Å²) in [5.74, 6) is 0.786. The normalized spacial score (nSPS) is 20.3. The molecule has 114 valence electrons.